The van der Waals surface area contributed by atoms with Crippen LogP contribution >= 0.6 is 23.4 Å². The Morgan fingerprint density at radius 2 is 1.68 bits per heavy atom. The highest BCUT2D eigenvalue weighted by atomic mass is 35.5. The molecule has 0 saturated heterocycles. The van der Waals surface area contributed by atoms with Crippen molar-refractivity contribution in [1.82, 2.24) is 5.32 Å². The number of hydrogen-bond donors (Lipinski definition) is 1. The van der Waals surface area contributed by atoms with E-state index in [0.717, 1.165) is 0 Å². The van der Waals surface area contributed by atoms with E-state index in [4.69, 9.17) is 11.6 Å². The van der Waals surface area contributed by atoms with Gasteiger partial charge in [0.15, 0.2) is 5.17 Å². The number of hydrogen-bond acceptors (Lipinski definition) is 3. The summed E-state index contributed by atoms with van der Waals surface area (Å²) in [5, 5.41) is 3.16. The van der Waals surface area contributed by atoms with Crippen molar-refractivity contribution in [3.63, 3.8) is 0 Å². The van der Waals surface area contributed by atoms with E-state index in [0.29, 0.717) is 16.1 Å². The third kappa shape index (κ3) is 4.19. The Morgan fingerprint density at radius 1 is 1.05 bits per heavy atom. The molecule has 1 N–H and O–H groups in total. The fraction of sp³-hybridized carbons (Fsp3) is 0.0625. The van der Waals surface area contributed by atoms with Crippen LogP contribution in [0, 0.1) is 0 Å². The van der Waals surface area contributed by atoms with E-state index in [1.807, 2.05) is 6.07 Å². The van der Waals surface area contributed by atoms with Crippen LogP contribution in [-0.2, 0) is 0 Å². The fourth-order valence-corrected chi connectivity index (χ4v) is 2.26. The Morgan fingerprint density at radius 3 is 2.32 bits per heavy atom. The van der Waals surface area contributed by atoms with Crippen LogP contribution in [-0.4, -0.2) is 23.2 Å². The van der Waals surface area contributed by atoms with Crippen LogP contribution in [0.2, 0.25) is 5.02 Å². The van der Waals surface area contributed by atoms with Crippen molar-refractivity contribution in [2.75, 3.05) is 6.26 Å². The largest absolute Gasteiger partial charge is 0.301 e. The predicted molar refractivity (Wildman–Crippen MR) is 90.6 cm³/mol. The van der Waals surface area contributed by atoms with Gasteiger partial charge in [-0.05, 0) is 30.5 Å². The Bertz CT molecular complexity index is 717. The maximum absolute atomic E-state index is 12.2. The number of thioether (sulfide) groups is 1. The Kier molecular flexibility index (Phi) is 5.75. The van der Waals surface area contributed by atoms with E-state index in [1.54, 1.807) is 54.8 Å². The number of nitrogens with zero attached hydrogens (tertiary/aromatic N) is 1. The number of benzene rings is 2. The zero-order chi connectivity index (χ0) is 15.9. The molecule has 0 fully saturated rings. The lowest BCUT2D eigenvalue weighted by Gasteiger charge is -2.07. The number of nitrogens with one attached hydrogen (secondary N) is 1. The number of aliphatic imine (C=N–C) groups is 1. The average molecular weight is 333 g/mol. The van der Waals surface area contributed by atoms with Crippen molar-refractivity contribution in [1.29, 1.82) is 0 Å². The zero-order valence-electron chi connectivity index (χ0n) is 11.7. The smallest absolute Gasteiger partial charge is 0.279 e. The van der Waals surface area contributed by atoms with E-state index in [9.17, 15) is 9.59 Å². The van der Waals surface area contributed by atoms with Crippen molar-refractivity contribution >= 4 is 40.3 Å². The maximum atomic E-state index is 12.2. The van der Waals surface area contributed by atoms with Gasteiger partial charge in [0.25, 0.3) is 11.8 Å². The molecule has 0 aliphatic rings. The molecule has 2 amide bonds. The van der Waals surface area contributed by atoms with Gasteiger partial charge in [0.05, 0.1) is 10.6 Å². The Labute approximate surface area is 137 Å². The monoisotopic (exact) mass is 332 g/mol. The zero-order valence-corrected chi connectivity index (χ0v) is 13.3. The van der Waals surface area contributed by atoms with Crippen molar-refractivity contribution < 1.29 is 9.59 Å². The first-order chi connectivity index (χ1) is 10.6. The van der Waals surface area contributed by atoms with Gasteiger partial charge in [0, 0.05) is 5.56 Å². The standard InChI is InChI=1S/C16H13ClN2O2S/c1-22-16(18-14(20)11-7-3-2-4-8-11)19-15(21)12-9-5-6-10-13(12)17/h2-10H,1H3,(H,18,19,20,21). The van der Waals surface area contributed by atoms with Gasteiger partial charge in [-0.25, -0.2) is 0 Å². The summed E-state index contributed by atoms with van der Waals surface area (Å²) in [7, 11) is 0. The summed E-state index contributed by atoms with van der Waals surface area (Å²) in [6, 6.07) is 15.3. The first-order valence-electron chi connectivity index (χ1n) is 6.39. The van der Waals surface area contributed by atoms with E-state index in [1.165, 1.54) is 11.8 Å². The summed E-state index contributed by atoms with van der Waals surface area (Å²) < 4.78 is 0. The normalized spacial score (nSPS) is 11.1. The quantitative estimate of drug-likeness (QED) is 0.675. The van der Waals surface area contributed by atoms with Crippen molar-refractivity contribution in [2.45, 2.75) is 0 Å². The summed E-state index contributed by atoms with van der Waals surface area (Å²) in [6.45, 7) is 0. The molecule has 0 saturated carbocycles. The van der Waals surface area contributed by atoms with Crippen LogP contribution in [0.4, 0.5) is 0 Å². The Hall–Kier alpha value is -2.11. The van der Waals surface area contributed by atoms with Crippen LogP contribution < -0.4 is 5.32 Å². The molecule has 4 nitrogen and oxygen atoms in total. The number of carbonyl (C=O) groups is 2. The van der Waals surface area contributed by atoms with Crippen LogP contribution in [0.15, 0.2) is 59.6 Å². The number of amidine groups is 1. The first-order valence-corrected chi connectivity index (χ1v) is 8.00. The molecule has 6 heteroatoms. The topological polar surface area (TPSA) is 58.5 Å². The summed E-state index contributed by atoms with van der Waals surface area (Å²) in [4.78, 5) is 28.1. The fourth-order valence-electron chi connectivity index (χ4n) is 1.67. The lowest BCUT2D eigenvalue weighted by molar-refractivity contribution is 0.0978. The molecule has 0 atom stereocenters. The molecule has 112 valence electrons. The van der Waals surface area contributed by atoms with E-state index >= 15 is 0 Å². The number of rotatable bonds is 2. The molecule has 2 rings (SSSR count). The van der Waals surface area contributed by atoms with E-state index < -0.39 is 11.8 Å². The average Bonchev–Trinajstić information content (AvgIpc) is 2.55. The van der Waals surface area contributed by atoms with Crippen LogP contribution in [0.25, 0.3) is 0 Å². The number of carbonyl (C=O) groups excluding carboxylic acids is 2. The molecule has 2 aromatic carbocycles. The molecular weight excluding hydrogens is 320 g/mol. The minimum Gasteiger partial charge on any atom is -0.301 e. The predicted octanol–water partition coefficient (Wildman–Crippen LogP) is 3.63. The van der Waals surface area contributed by atoms with Crippen molar-refractivity contribution in [3.05, 3.63) is 70.7 Å². The summed E-state index contributed by atoms with van der Waals surface area (Å²) in [5.41, 5.74) is 0.791. The molecular formula is C16H13ClN2O2S. The third-order valence-corrected chi connectivity index (χ3v) is 3.67. The second-order valence-electron chi connectivity index (χ2n) is 4.23. The van der Waals surface area contributed by atoms with Gasteiger partial charge in [0.2, 0.25) is 0 Å². The molecule has 2 aromatic rings. The molecule has 0 unspecified atom stereocenters. The number of halogens is 1. The minimum atomic E-state index is -0.413. The SMILES string of the molecule is CSC(=NC(=O)c1ccccc1)NC(=O)c1ccccc1Cl. The molecule has 0 aliphatic carbocycles. The van der Waals surface area contributed by atoms with Crippen LogP contribution in [0.1, 0.15) is 20.7 Å². The van der Waals surface area contributed by atoms with Crippen molar-refractivity contribution in [2.24, 2.45) is 4.99 Å². The molecule has 22 heavy (non-hydrogen) atoms. The van der Waals surface area contributed by atoms with Gasteiger partial charge in [-0.2, -0.15) is 4.99 Å². The lowest BCUT2D eigenvalue weighted by atomic mass is 10.2. The molecule has 0 heterocycles. The molecule has 0 bridgehead atoms. The molecule has 0 aliphatic heterocycles. The molecule has 0 spiro atoms. The summed E-state index contributed by atoms with van der Waals surface area (Å²) in [6.07, 6.45) is 1.73. The summed E-state index contributed by atoms with van der Waals surface area (Å²) >= 11 is 7.15. The molecule has 0 aromatic heterocycles. The van der Waals surface area contributed by atoms with Crippen LogP contribution in [0.3, 0.4) is 0 Å². The third-order valence-electron chi connectivity index (χ3n) is 2.76. The van der Waals surface area contributed by atoms with Gasteiger partial charge in [-0.1, -0.05) is 53.7 Å². The van der Waals surface area contributed by atoms with Gasteiger partial charge >= 0.3 is 0 Å². The van der Waals surface area contributed by atoms with Gasteiger partial charge in [-0.3, -0.25) is 9.59 Å². The molecule has 0 radical (unpaired) electrons. The first kappa shape index (κ1) is 16.3. The minimum absolute atomic E-state index is 0.221. The van der Waals surface area contributed by atoms with Gasteiger partial charge in [0.1, 0.15) is 0 Å². The Balaban J connectivity index is 2.15. The summed E-state index contributed by atoms with van der Waals surface area (Å²) in [5.74, 6) is -0.816. The van der Waals surface area contributed by atoms with Crippen LogP contribution in [0.5, 0.6) is 0 Å². The second-order valence-corrected chi connectivity index (χ2v) is 5.43. The number of amides is 2. The lowest BCUT2D eigenvalue weighted by Crippen LogP contribution is -2.29. The highest BCUT2D eigenvalue weighted by molar-refractivity contribution is 8.13. The maximum Gasteiger partial charge on any atom is 0.279 e. The van der Waals surface area contributed by atoms with Crippen molar-refractivity contribution in [3.8, 4) is 0 Å². The highest BCUT2D eigenvalue weighted by Crippen LogP contribution is 2.15. The van der Waals surface area contributed by atoms with Gasteiger partial charge in [-0.15, -0.1) is 0 Å². The highest BCUT2D eigenvalue weighted by Gasteiger charge is 2.13. The van der Waals surface area contributed by atoms with Gasteiger partial charge < -0.3 is 5.32 Å². The van der Waals surface area contributed by atoms with E-state index in [2.05, 4.69) is 10.3 Å². The second kappa shape index (κ2) is 7.77. The van der Waals surface area contributed by atoms with E-state index in [-0.39, 0.29) is 5.17 Å².